The molecule has 0 bridgehead atoms. The van der Waals surface area contributed by atoms with Crippen molar-refractivity contribution in [3.8, 4) is 50.2 Å². The van der Waals surface area contributed by atoms with Gasteiger partial charge in [-0.15, -0.1) is 11.3 Å². The minimum Gasteiger partial charge on any atom is -0.311 e. The maximum absolute atomic E-state index is 2.39. The lowest BCUT2D eigenvalue weighted by Crippen LogP contribution is -2.09. The summed E-state index contributed by atoms with van der Waals surface area (Å²) in [5.41, 5.74) is 16.5. The number of anilines is 3. The number of aromatic nitrogens is 1. The molecule has 0 amide bonds. The largest absolute Gasteiger partial charge is 0.311 e. The van der Waals surface area contributed by atoms with Crippen molar-refractivity contribution in [2.45, 2.75) is 0 Å². The highest BCUT2D eigenvalue weighted by atomic mass is 32.1. The van der Waals surface area contributed by atoms with Gasteiger partial charge in [0.25, 0.3) is 0 Å². The summed E-state index contributed by atoms with van der Waals surface area (Å²) in [6.07, 6.45) is 0. The van der Waals surface area contributed by atoms with Gasteiger partial charge in [-0.25, -0.2) is 0 Å². The van der Waals surface area contributed by atoms with E-state index in [0.29, 0.717) is 0 Å². The van der Waals surface area contributed by atoms with E-state index in [1.165, 1.54) is 97.3 Å². The molecule has 0 saturated carbocycles. The van der Waals surface area contributed by atoms with E-state index in [1.807, 2.05) is 11.3 Å². The van der Waals surface area contributed by atoms with Crippen LogP contribution in [0.25, 0.3) is 103 Å². The molecule has 314 valence electrons. The van der Waals surface area contributed by atoms with E-state index in [4.69, 9.17) is 0 Å². The van der Waals surface area contributed by atoms with E-state index in [2.05, 4.69) is 264 Å². The number of fused-ring (bicyclic) bond motifs is 8. The summed E-state index contributed by atoms with van der Waals surface area (Å²) in [5.74, 6) is 0. The number of hydrogen-bond donors (Lipinski definition) is 0. The monoisotopic (exact) mass is 870 g/mol. The number of para-hydroxylation sites is 2. The second kappa shape index (κ2) is 16.2. The van der Waals surface area contributed by atoms with Gasteiger partial charge in [0.2, 0.25) is 0 Å². The Morgan fingerprint density at radius 2 is 0.731 bits per heavy atom. The van der Waals surface area contributed by atoms with Crippen molar-refractivity contribution in [1.29, 1.82) is 0 Å². The van der Waals surface area contributed by atoms with Crippen LogP contribution in [0.1, 0.15) is 0 Å². The van der Waals surface area contributed by atoms with Crippen LogP contribution in [0.4, 0.5) is 17.1 Å². The Labute approximate surface area is 393 Å². The van der Waals surface area contributed by atoms with E-state index < -0.39 is 0 Å². The van der Waals surface area contributed by atoms with Crippen molar-refractivity contribution in [2.24, 2.45) is 0 Å². The Morgan fingerprint density at radius 1 is 0.284 bits per heavy atom. The molecule has 11 aromatic carbocycles. The van der Waals surface area contributed by atoms with Crippen molar-refractivity contribution in [1.82, 2.24) is 4.57 Å². The molecule has 0 saturated heterocycles. The lowest BCUT2D eigenvalue weighted by atomic mass is 9.99. The molecular weight excluding hydrogens is 829 g/mol. The molecule has 0 fully saturated rings. The fraction of sp³-hybridized carbons (Fsp3) is 0. The number of hydrogen-bond acceptors (Lipinski definition) is 2. The number of thiophene rings is 1. The van der Waals surface area contributed by atoms with E-state index in [9.17, 15) is 0 Å². The summed E-state index contributed by atoms with van der Waals surface area (Å²) in [4.78, 5) is 2.37. The van der Waals surface area contributed by atoms with Gasteiger partial charge in [0.05, 0.1) is 11.0 Å². The van der Waals surface area contributed by atoms with Crippen LogP contribution < -0.4 is 4.90 Å². The van der Waals surface area contributed by atoms with Gasteiger partial charge in [0, 0.05) is 53.7 Å². The zero-order valence-electron chi connectivity index (χ0n) is 36.6. The number of rotatable bonds is 8. The quantitative estimate of drug-likeness (QED) is 0.148. The molecule has 0 aliphatic rings. The fourth-order valence-electron chi connectivity index (χ4n) is 10.1. The van der Waals surface area contributed by atoms with Gasteiger partial charge < -0.3 is 9.47 Å². The van der Waals surface area contributed by atoms with Crippen LogP contribution in [0.5, 0.6) is 0 Å². The third-order valence-corrected chi connectivity index (χ3v) is 14.7. The summed E-state index contributed by atoms with van der Waals surface area (Å²) >= 11 is 1.90. The first-order valence-corrected chi connectivity index (χ1v) is 23.7. The van der Waals surface area contributed by atoms with Crippen molar-refractivity contribution in [3.05, 3.63) is 255 Å². The summed E-state index contributed by atoms with van der Waals surface area (Å²) in [6, 6.07) is 92.9. The topological polar surface area (TPSA) is 8.17 Å². The van der Waals surface area contributed by atoms with Crippen molar-refractivity contribution >= 4 is 81.1 Å². The van der Waals surface area contributed by atoms with E-state index in [1.54, 1.807) is 0 Å². The highest BCUT2D eigenvalue weighted by Gasteiger charge is 2.17. The van der Waals surface area contributed by atoms with E-state index >= 15 is 0 Å². The molecule has 0 N–H and O–H groups in total. The summed E-state index contributed by atoms with van der Waals surface area (Å²) in [6.45, 7) is 0. The van der Waals surface area contributed by atoms with Gasteiger partial charge in [-0.3, -0.25) is 0 Å². The van der Waals surface area contributed by atoms with Crippen molar-refractivity contribution in [3.63, 3.8) is 0 Å². The number of nitrogens with zero attached hydrogens (tertiary/aromatic N) is 2. The molecule has 3 heteroatoms. The number of benzene rings is 11. The third kappa shape index (κ3) is 6.79. The first-order valence-electron chi connectivity index (χ1n) is 22.9. The van der Waals surface area contributed by atoms with Gasteiger partial charge in [-0.05, 0) is 116 Å². The highest BCUT2D eigenvalue weighted by Crippen LogP contribution is 2.44. The predicted octanol–water partition coefficient (Wildman–Crippen LogP) is 18.4. The predicted molar refractivity (Wildman–Crippen MR) is 288 cm³/mol. The summed E-state index contributed by atoms with van der Waals surface area (Å²) in [5, 5.41) is 7.75. The van der Waals surface area contributed by atoms with Gasteiger partial charge in [-0.2, -0.15) is 0 Å². The Kier molecular flexibility index (Phi) is 9.40. The molecule has 13 aromatic rings. The molecule has 0 aliphatic heterocycles. The second-order valence-electron chi connectivity index (χ2n) is 17.3. The standard InChI is InChI=1S/C64H42N2S/c1-2-12-43(13-3-1)44-24-26-45(27-25-44)46-28-35-51(36-29-46)65(53-39-32-49(33-40-53)56-20-11-21-59-60-41-34-48-14-4-5-17-55(48)64(60)67-63(56)59)52-37-30-47(31-38-52)50-15-10-16-54(42-50)66-61-22-8-6-18-57(61)58-19-7-9-23-62(58)66/h1-42H. The Bertz CT molecular complexity index is 3880. The van der Waals surface area contributed by atoms with Crippen LogP contribution in [0.2, 0.25) is 0 Å². The van der Waals surface area contributed by atoms with Crippen LogP contribution in [-0.2, 0) is 0 Å². The molecule has 2 aromatic heterocycles. The average molecular weight is 871 g/mol. The molecule has 2 nitrogen and oxygen atoms in total. The molecule has 0 atom stereocenters. The smallest absolute Gasteiger partial charge is 0.0541 e. The van der Waals surface area contributed by atoms with Gasteiger partial charge in [-0.1, -0.05) is 194 Å². The molecule has 0 spiro atoms. The maximum Gasteiger partial charge on any atom is 0.0541 e. The minimum atomic E-state index is 1.09. The molecule has 0 aliphatic carbocycles. The Hall–Kier alpha value is -8.50. The van der Waals surface area contributed by atoms with E-state index in [0.717, 1.165) is 22.7 Å². The zero-order valence-corrected chi connectivity index (χ0v) is 37.4. The van der Waals surface area contributed by atoms with Crippen LogP contribution in [0.15, 0.2) is 255 Å². The van der Waals surface area contributed by atoms with Crippen molar-refractivity contribution in [2.75, 3.05) is 4.90 Å². The SMILES string of the molecule is c1ccc(-c2ccc(-c3ccc(N(c4ccc(-c5cccc(-n6c7ccccc7c7ccccc76)c5)cc4)c4ccc(-c5cccc6c5sc5c7ccccc7ccc65)cc4)cc3)cc2)cc1. The van der Waals surface area contributed by atoms with Crippen LogP contribution in [0.3, 0.4) is 0 Å². The average Bonchev–Trinajstić information content (AvgIpc) is 3.96. The lowest BCUT2D eigenvalue weighted by Gasteiger charge is -2.26. The Morgan fingerprint density at radius 3 is 1.36 bits per heavy atom. The molecule has 0 radical (unpaired) electrons. The van der Waals surface area contributed by atoms with E-state index in [-0.39, 0.29) is 0 Å². The second-order valence-corrected chi connectivity index (χ2v) is 18.3. The first-order chi connectivity index (χ1) is 33.2. The maximum atomic E-state index is 2.39. The minimum absolute atomic E-state index is 1.09. The summed E-state index contributed by atoms with van der Waals surface area (Å²) < 4.78 is 5.06. The van der Waals surface area contributed by atoms with Crippen LogP contribution in [-0.4, -0.2) is 4.57 Å². The third-order valence-electron chi connectivity index (χ3n) is 13.4. The molecular formula is C64H42N2S. The zero-order chi connectivity index (χ0) is 44.3. The molecule has 13 rings (SSSR count). The molecule has 67 heavy (non-hydrogen) atoms. The van der Waals surface area contributed by atoms with Crippen LogP contribution >= 0.6 is 11.3 Å². The lowest BCUT2D eigenvalue weighted by molar-refractivity contribution is 1.18. The first kappa shape index (κ1) is 38.9. The van der Waals surface area contributed by atoms with Gasteiger partial charge >= 0.3 is 0 Å². The Balaban J connectivity index is 0.872. The fourth-order valence-corrected chi connectivity index (χ4v) is 11.5. The normalized spacial score (nSPS) is 11.6. The highest BCUT2D eigenvalue weighted by molar-refractivity contribution is 7.27. The molecule has 0 unspecified atom stereocenters. The van der Waals surface area contributed by atoms with Crippen LogP contribution in [0, 0.1) is 0 Å². The van der Waals surface area contributed by atoms with Gasteiger partial charge in [0.15, 0.2) is 0 Å². The van der Waals surface area contributed by atoms with Gasteiger partial charge in [0.1, 0.15) is 0 Å². The summed E-state index contributed by atoms with van der Waals surface area (Å²) in [7, 11) is 0. The van der Waals surface area contributed by atoms with Crippen molar-refractivity contribution < 1.29 is 0 Å². The molecule has 2 heterocycles.